The molecule has 1 aromatic carbocycles. The van der Waals surface area contributed by atoms with Crippen LogP contribution in [0.15, 0.2) is 6.07 Å². The fraction of sp³-hybridized carbons (Fsp3) is 0.474. The van der Waals surface area contributed by atoms with E-state index in [1.807, 2.05) is 0 Å². The number of rotatable bonds is 4. The van der Waals surface area contributed by atoms with Crippen LogP contribution < -0.4 is 0 Å². The number of aliphatic hydroxyl groups is 1. The van der Waals surface area contributed by atoms with Crippen LogP contribution in [0.1, 0.15) is 35.7 Å². The molecule has 5 nitrogen and oxygen atoms in total. The molecule has 1 aromatic heterocycles. The lowest BCUT2D eigenvalue weighted by Gasteiger charge is -2.23. The zero-order valence-corrected chi connectivity index (χ0v) is 16.2. The number of aromatic amines is 1. The molecule has 0 spiro atoms. The van der Waals surface area contributed by atoms with Gasteiger partial charge in [0.15, 0.2) is 28.0 Å². The van der Waals surface area contributed by atoms with Gasteiger partial charge in [-0.05, 0) is 31.5 Å². The minimum Gasteiger partial charge on any atom is -0.394 e. The number of fused-ring (bicyclic) bond motifs is 1. The SMILES string of the molecule is O=C(Cc1[nH]c(=S)n2c1CC(c1c(F)c(F)cc(F)c1F)C2)N1CCCC1CO. The summed E-state index contributed by atoms with van der Waals surface area (Å²) >= 11 is 5.26. The molecule has 4 rings (SSSR count). The molecule has 1 fully saturated rings. The Balaban J connectivity index is 1.61. The smallest absolute Gasteiger partial charge is 0.228 e. The third-order valence-corrected chi connectivity index (χ3v) is 6.13. The number of hydrogen-bond acceptors (Lipinski definition) is 3. The second-order valence-corrected chi connectivity index (χ2v) is 7.88. The number of aromatic nitrogens is 2. The molecular weight excluding hydrogens is 410 g/mol. The summed E-state index contributed by atoms with van der Waals surface area (Å²) in [6.07, 6.45) is 1.64. The van der Waals surface area contributed by atoms with Crippen LogP contribution in [0, 0.1) is 28.0 Å². The van der Waals surface area contributed by atoms with E-state index in [1.54, 1.807) is 9.47 Å². The Labute approximate surface area is 169 Å². The first-order valence-corrected chi connectivity index (χ1v) is 9.76. The first-order valence-electron chi connectivity index (χ1n) is 9.35. The number of benzene rings is 1. The standard InChI is InChI=1S/C19H19F4N3O2S/c20-11-5-12(21)18(23)16(17(11)22)9-4-14-13(24-19(29)26(14)7-9)6-15(28)25-3-1-2-10(25)8-27/h5,9-10,27H,1-4,6-8H2,(H,24,29). The summed E-state index contributed by atoms with van der Waals surface area (Å²) in [7, 11) is 0. The van der Waals surface area contributed by atoms with E-state index < -0.39 is 34.8 Å². The molecule has 2 atom stereocenters. The van der Waals surface area contributed by atoms with Crippen LogP contribution in [0.2, 0.25) is 0 Å². The summed E-state index contributed by atoms with van der Waals surface area (Å²) in [5, 5.41) is 9.41. The highest BCUT2D eigenvalue weighted by atomic mass is 32.1. The first kappa shape index (κ1) is 20.1. The number of carbonyl (C=O) groups excluding carboxylic acids is 1. The molecule has 0 radical (unpaired) electrons. The van der Waals surface area contributed by atoms with E-state index in [1.165, 1.54) is 0 Å². The van der Waals surface area contributed by atoms with E-state index in [0.29, 0.717) is 17.9 Å². The molecular formula is C19H19F4N3O2S. The number of aliphatic hydroxyl groups excluding tert-OH is 1. The Kier molecular flexibility index (Phi) is 5.24. The molecule has 2 unspecified atom stereocenters. The molecule has 2 aliphatic heterocycles. The van der Waals surface area contributed by atoms with E-state index in [2.05, 4.69) is 4.98 Å². The van der Waals surface area contributed by atoms with Crippen molar-refractivity contribution in [2.45, 2.75) is 44.2 Å². The normalized spacial score (nSPS) is 21.1. The number of hydrogen-bond donors (Lipinski definition) is 2. The maximum absolute atomic E-state index is 14.2. The third kappa shape index (κ3) is 3.38. The summed E-state index contributed by atoms with van der Waals surface area (Å²) in [5.74, 6) is -6.72. The van der Waals surface area contributed by atoms with Gasteiger partial charge in [0, 0.05) is 42.0 Å². The van der Waals surface area contributed by atoms with Gasteiger partial charge in [0.05, 0.1) is 19.1 Å². The molecule has 29 heavy (non-hydrogen) atoms. The van der Waals surface area contributed by atoms with E-state index in [0.717, 1.165) is 12.8 Å². The van der Waals surface area contributed by atoms with Crippen LogP contribution in [-0.4, -0.2) is 44.7 Å². The second kappa shape index (κ2) is 7.56. The molecule has 0 bridgehead atoms. The fourth-order valence-corrected chi connectivity index (χ4v) is 4.70. The number of carbonyl (C=O) groups is 1. The molecule has 0 saturated carbocycles. The van der Waals surface area contributed by atoms with E-state index in [9.17, 15) is 27.5 Å². The van der Waals surface area contributed by atoms with Gasteiger partial charge in [0.2, 0.25) is 5.91 Å². The van der Waals surface area contributed by atoms with Crippen LogP contribution in [0.5, 0.6) is 0 Å². The number of halogens is 4. The Morgan fingerprint density at radius 2 is 1.93 bits per heavy atom. The predicted octanol–water partition coefficient (Wildman–Crippen LogP) is 2.97. The molecule has 2 aliphatic rings. The Bertz CT molecular complexity index is 1010. The highest BCUT2D eigenvalue weighted by Gasteiger charge is 2.35. The number of imidazole rings is 1. The van der Waals surface area contributed by atoms with Crippen LogP contribution >= 0.6 is 12.2 Å². The van der Waals surface area contributed by atoms with Crippen molar-refractivity contribution in [1.29, 1.82) is 0 Å². The summed E-state index contributed by atoms with van der Waals surface area (Å²) in [5.41, 5.74) is 0.470. The lowest BCUT2D eigenvalue weighted by molar-refractivity contribution is -0.132. The summed E-state index contributed by atoms with van der Waals surface area (Å²) in [6.45, 7) is 0.502. The van der Waals surface area contributed by atoms with Crippen LogP contribution in [0.4, 0.5) is 17.6 Å². The average molecular weight is 429 g/mol. The molecule has 156 valence electrons. The monoisotopic (exact) mass is 429 g/mol. The van der Waals surface area contributed by atoms with Crippen molar-refractivity contribution in [3.63, 3.8) is 0 Å². The number of likely N-dealkylation sites (tertiary alicyclic amines) is 1. The lowest BCUT2D eigenvalue weighted by atomic mass is 9.94. The molecule has 1 saturated heterocycles. The third-order valence-electron chi connectivity index (χ3n) is 5.81. The quantitative estimate of drug-likeness (QED) is 0.446. The minimum atomic E-state index is -1.44. The fourth-order valence-electron chi connectivity index (χ4n) is 4.40. The van der Waals surface area contributed by atoms with Crippen molar-refractivity contribution >= 4 is 18.1 Å². The lowest BCUT2D eigenvalue weighted by Crippen LogP contribution is -2.38. The van der Waals surface area contributed by atoms with Gasteiger partial charge in [-0.2, -0.15) is 0 Å². The van der Waals surface area contributed by atoms with Gasteiger partial charge in [-0.15, -0.1) is 0 Å². The first-order chi connectivity index (χ1) is 13.8. The minimum absolute atomic E-state index is 0.00231. The van der Waals surface area contributed by atoms with Crippen molar-refractivity contribution in [3.8, 4) is 0 Å². The maximum atomic E-state index is 14.2. The molecule has 10 heteroatoms. The molecule has 2 aromatic rings. The highest BCUT2D eigenvalue weighted by Crippen LogP contribution is 2.36. The van der Waals surface area contributed by atoms with Gasteiger partial charge in [-0.1, -0.05) is 0 Å². The van der Waals surface area contributed by atoms with Crippen LogP contribution in [0.25, 0.3) is 0 Å². The molecule has 0 aliphatic carbocycles. The largest absolute Gasteiger partial charge is 0.394 e. The Morgan fingerprint density at radius 1 is 1.24 bits per heavy atom. The topological polar surface area (TPSA) is 61.3 Å². The number of nitrogens with zero attached hydrogens (tertiary/aromatic N) is 2. The van der Waals surface area contributed by atoms with E-state index >= 15 is 0 Å². The number of H-pyrrole nitrogens is 1. The predicted molar refractivity (Wildman–Crippen MR) is 97.9 cm³/mol. The Morgan fingerprint density at radius 3 is 2.59 bits per heavy atom. The van der Waals surface area contributed by atoms with Gasteiger partial charge in [-0.25, -0.2) is 17.6 Å². The molecule has 1 amide bonds. The van der Waals surface area contributed by atoms with E-state index in [-0.39, 0.29) is 48.8 Å². The summed E-state index contributed by atoms with van der Waals surface area (Å²) in [4.78, 5) is 17.3. The van der Waals surface area contributed by atoms with Crippen molar-refractivity contribution in [1.82, 2.24) is 14.5 Å². The van der Waals surface area contributed by atoms with Crippen LogP contribution in [-0.2, 0) is 24.2 Å². The Hall–Kier alpha value is -2.20. The van der Waals surface area contributed by atoms with Crippen LogP contribution in [0.3, 0.4) is 0 Å². The zero-order chi connectivity index (χ0) is 20.9. The van der Waals surface area contributed by atoms with Crippen molar-refractivity contribution in [2.24, 2.45) is 0 Å². The number of amides is 1. The van der Waals surface area contributed by atoms with Gasteiger partial charge < -0.3 is 19.6 Å². The summed E-state index contributed by atoms with van der Waals surface area (Å²) < 4.78 is 57.5. The van der Waals surface area contributed by atoms with Crippen molar-refractivity contribution in [2.75, 3.05) is 13.2 Å². The van der Waals surface area contributed by atoms with Gasteiger partial charge >= 0.3 is 0 Å². The number of nitrogens with one attached hydrogen (secondary N) is 1. The van der Waals surface area contributed by atoms with Crippen molar-refractivity contribution < 1.29 is 27.5 Å². The van der Waals surface area contributed by atoms with Crippen molar-refractivity contribution in [3.05, 3.63) is 51.1 Å². The molecule has 3 heterocycles. The second-order valence-electron chi connectivity index (χ2n) is 7.49. The average Bonchev–Trinajstić information content (AvgIpc) is 3.38. The molecule has 2 N–H and O–H groups in total. The van der Waals surface area contributed by atoms with E-state index in [4.69, 9.17) is 12.2 Å². The maximum Gasteiger partial charge on any atom is 0.228 e. The highest BCUT2D eigenvalue weighted by molar-refractivity contribution is 7.71. The summed E-state index contributed by atoms with van der Waals surface area (Å²) in [6, 6.07) is -0.0275. The van der Waals surface area contributed by atoms with Gasteiger partial charge in [0.25, 0.3) is 0 Å². The van der Waals surface area contributed by atoms with Gasteiger partial charge in [0.1, 0.15) is 0 Å². The zero-order valence-electron chi connectivity index (χ0n) is 15.4. The van der Waals surface area contributed by atoms with Gasteiger partial charge in [-0.3, -0.25) is 4.79 Å².